The molecule has 0 atom stereocenters. The Balaban J connectivity index is 2.41. The lowest BCUT2D eigenvalue weighted by Gasteiger charge is -2.08. The Labute approximate surface area is 129 Å². The zero-order chi connectivity index (χ0) is 15.8. The third-order valence-electron chi connectivity index (χ3n) is 2.55. The van der Waals surface area contributed by atoms with E-state index in [2.05, 4.69) is 4.72 Å². The van der Waals surface area contributed by atoms with Gasteiger partial charge in [0.1, 0.15) is 4.21 Å². The summed E-state index contributed by atoms with van der Waals surface area (Å²) in [5, 5.41) is 10.8. The Morgan fingerprint density at radius 3 is 2.62 bits per heavy atom. The van der Waals surface area contributed by atoms with Gasteiger partial charge in [0.05, 0.1) is 15.6 Å². The fourth-order valence-corrected chi connectivity index (χ4v) is 4.07. The van der Waals surface area contributed by atoms with E-state index in [9.17, 15) is 18.5 Å². The minimum absolute atomic E-state index is 0.171. The van der Waals surface area contributed by atoms with Crippen LogP contribution in [0.25, 0.3) is 0 Å². The fraction of sp³-hybridized carbons (Fsp3) is 0.0909. The Bertz CT molecular complexity index is 817. The molecular formula is C11H10ClN3O4S2. The first-order valence-electron chi connectivity index (χ1n) is 5.53. The van der Waals surface area contributed by atoms with Crippen molar-refractivity contribution in [2.45, 2.75) is 11.1 Å². The van der Waals surface area contributed by atoms with Gasteiger partial charge in [-0.15, -0.1) is 0 Å². The van der Waals surface area contributed by atoms with Crippen LogP contribution in [0.1, 0.15) is 5.56 Å². The molecule has 112 valence electrons. The number of aryl methyl sites for hydroxylation is 1. The van der Waals surface area contributed by atoms with Crippen molar-refractivity contribution in [3.05, 3.63) is 45.0 Å². The van der Waals surface area contributed by atoms with Crippen LogP contribution in [0.5, 0.6) is 0 Å². The van der Waals surface area contributed by atoms with Crippen molar-refractivity contribution in [3.8, 4) is 0 Å². The number of nitrogen functional groups attached to an aromatic ring is 1. The summed E-state index contributed by atoms with van der Waals surface area (Å²) in [7, 11) is -3.99. The summed E-state index contributed by atoms with van der Waals surface area (Å²) in [6.45, 7) is 1.78. The molecular weight excluding hydrogens is 338 g/mol. The maximum Gasteiger partial charge on any atom is 0.304 e. The Morgan fingerprint density at radius 1 is 1.38 bits per heavy atom. The molecule has 0 aliphatic carbocycles. The van der Waals surface area contributed by atoms with Gasteiger partial charge in [-0.05, 0) is 24.6 Å². The molecule has 3 N–H and O–H groups in total. The summed E-state index contributed by atoms with van der Waals surface area (Å²) in [6.07, 6.45) is 0. The van der Waals surface area contributed by atoms with E-state index in [4.69, 9.17) is 17.3 Å². The minimum atomic E-state index is -3.99. The van der Waals surface area contributed by atoms with Gasteiger partial charge in [0.25, 0.3) is 10.0 Å². The number of anilines is 2. The van der Waals surface area contributed by atoms with Gasteiger partial charge in [-0.3, -0.25) is 14.8 Å². The van der Waals surface area contributed by atoms with Crippen LogP contribution in [0.15, 0.2) is 28.5 Å². The summed E-state index contributed by atoms with van der Waals surface area (Å²) < 4.78 is 26.5. The summed E-state index contributed by atoms with van der Waals surface area (Å²) in [5.41, 5.74) is 6.02. The van der Waals surface area contributed by atoms with Gasteiger partial charge >= 0.3 is 5.69 Å². The standard InChI is InChI=1S/C11H10ClN3O4S2/c1-6-2-3-7(12)8(4-6)14-21(18,19)10-5-9(15(16)17)11(13)20-10/h2-5,14H,13H2,1H3. The quantitative estimate of drug-likeness (QED) is 0.651. The number of nitrogens with one attached hydrogen (secondary N) is 1. The predicted octanol–water partition coefficient (Wildman–Crippen LogP) is 3.00. The molecule has 1 aromatic carbocycles. The molecule has 0 aliphatic heterocycles. The zero-order valence-corrected chi connectivity index (χ0v) is 13.1. The molecule has 1 aromatic heterocycles. The highest BCUT2D eigenvalue weighted by atomic mass is 35.5. The predicted molar refractivity (Wildman–Crippen MR) is 82.4 cm³/mol. The summed E-state index contributed by atoms with van der Waals surface area (Å²) in [5.74, 6) is 0. The lowest BCUT2D eigenvalue weighted by atomic mass is 10.2. The number of nitrogens with two attached hydrogens (primary N) is 1. The van der Waals surface area contributed by atoms with Crippen molar-refractivity contribution in [1.82, 2.24) is 0 Å². The maximum atomic E-state index is 12.2. The SMILES string of the molecule is Cc1ccc(Cl)c(NS(=O)(=O)c2cc([N+](=O)[O-])c(N)s2)c1. The molecule has 0 aliphatic rings. The summed E-state index contributed by atoms with van der Waals surface area (Å²) in [6, 6.07) is 5.77. The van der Waals surface area contributed by atoms with Crippen LogP contribution >= 0.6 is 22.9 Å². The molecule has 1 heterocycles. The number of thiophene rings is 1. The van der Waals surface area contributed by atoms with Gasteiger partial charge in [0.2, 0.25) is 0 Å². The van der Waals surface area contributed by atoms with Crippen LogP contribution in [-0.4, -0.2) is 13.3 Å². The molecule has 0 saturated carbocycles. The number of benzene rings is 1. The van der Waals surface area contributed by atoms with E-state index in [-0.39, 0.29) is 19.9 Å². The van der Waals surface area contributed by atoms with E-state index >= 15 is 0 Å². The van der Waals surface area contributed by atoms with Gasteiger partial charge in [-0.2, -0.15) is 0 Å². The number of rotatable bonds is 4. The van der Waals surface area contributed by atoms with Crippen LogP contribution in [-0.2, 0) is 10.0 Å². The largest absolute Gasteiger partial charge is 0.385 e. The monoisotopic (exact) mass is 347 g/mol. The van der Waals surface area contributed by atoms with Crippen LogP contribution in [0.3, 0.4) is 0 Å². The highest BCUT2D eigenvalue weighted by Gasteiger charge is 2.25. The van der Waals surface area contributed by atoms with Gasteiger partial charge in [0.15, 0.2) is 5.00 Å². The average Bonchev–Trinajstić information content (AvgIpc) is 2.77. The van der Waals surface area contributed by atoms with Crippen molar-refractivity contribution in [1.29, 1.82) is 0 Å². The van der Waals surface area contributed by atoms with Crippen molar-refractivity contribution in [3.63, 3.8) is 0 Å². The molecule has 2 aromatic rings. The fourth-order valence-electron chi connectivity index (χ4n) is 1.56. The molecule has 0 bridgehead atoms. The van der Waals surface area contributed by atoms with E-state index < -0.39 is 20.6 Å². The zero-order valence-electron chi connectivity index (χ0n) is 10.7. The molecule has 0 saturated heterocycles. The summed E-state index contributed by atoms with van der Waals surface area (Å²) >= 11 is 6.54. The first-order valence-corrected chi connectivity index (χ1v) is 8.21. The topological polar surface area (TPSA) is 115 Å². The van der Waals surface area contributed by atoms with Crippen LogP contribution in [0, 0.1) is 17.0 Å². The second-order valence-corrected chi connectivity index (χ2v) is 7.56. The van der Waals surface area contributed by atoms with Crippen molar-refractivity contribution < 1.29 is 13.3 Å². The number of nitrogens with zero attached hydrogens (tertiary/aromatic N) is 1. The molecule has 0 amide bonds. The van der Waals surface area contributed by atoms with Crippen molar-refractivity contribution >= 4 is 49.3 Å². The van der Waals surface area contributed by atoms with Crippen molar-refractivity contribution in [2.24, 2.45) is 0 Å². The minimum Gasteiger partial charge on any atom is -0.385 e. The van der Waals surface area contributed by atoms with E-state index in [1.807, 2.05) is 0 Å². The number of sulfonamides is 1. The normalized spacial score (nSPS) is 11.3. The van der Waals surface area contributed by atoms with Gasteiger partial charge < -0.3 is 5.73 Å². The van der Waals surface area contributed by atoms with Gasteiger partial charge in [-0.25, -0.2) is 8.42 Å². The van der Waals surface area contributed by atoms with Crippen LogP contribution in [0.2, 0.25) is 5.02 Å². The number of halogens is 1. The first-order chi connectivity index (χ1) is 9.70. The Hall–Kier alpha value is -1.84. The summed E-state index contributed by atoms with van der Waals surface area (Å²) in [4.78, 5) is 9.98. The third-order valence-corrected chi connectivity index (χ3v) is 5.67. The molecule has 0 unspecified atom stereocenters. The lowest BCUT2D eigenvalue weighted by molar-refractivity contribution is -0.383. The molecule has 0 radical (unpaired) electrons. The first kappa shape index (κ1) is 15.5. The van der Waals surface area contributed by atoms with Gasteiger partial charge in [0, 0.05) is 6.07 Å². The Morgan fingerprint density at radius 2 is 2.05 bits per heavy atom. The van der Waals surface area contributed by atoms with E-state index in [0.717, 1.165) is 11.6 Å². The smallest absolute Gasteiger partial charge is 0.304 e. The second-order valence-electron chi connectivity index (χ2n) is 4.16. The molecule has 2 rings (SSSR count). The van der Waals surface area contributed by atoms with Crippen LogP contribution in [0.4, 0.5) is 16.4 Å². The van der Waals surface area contributed by atoms with E-state index in [1.54, 1.807) is 25.1 Å². The van der Waals surface area contributed by atoms with E-state index in [1.165, 1.54) is 0 Å². The molecule has 10 heteroatoms. The maximum absolute atomic E-state index is 12.2. The molecule has 0 fully saturated rings. The second kappa shape index (κ2) is 5.51. The van der Waals surface area contributed by atoms with Crippen molar-refractivity contribution in [2.75, 3.05) is 10.5 Å². The third kappa shape index (κ3) is 3.26. The van der Waals surface area contributed by atoms with Gasteiger partial charge in [-0.1, -0.05) is 29.0 Å². The molecule has 21 heavy (non-hydrogen) atoms. The average molecular weight is 348 g/mol. The Kier molecular flexibility index (Phi) is 4.08. The molecule has 0 spiro atoms. The van der Waals surface area contributed by atoms with E-state index in [0.29, 0.717) is 11.3 Å². The number of hydrogen-bond donors (Lipinski definition) is 2. The highest BCUT2D eigenvalue weighted by Crippen LogP contribution is 2.35. The molecule has 7 nitrogen and oxygen atoms in total. The highest BCUT2D eigenvalue weighted by molar-refractivity contribution is 7.94. The van der Waals surface area contributed by atoms with Crippen LogP contribution < -0.4 is 10.5 Å². The lowest BCUT2D eigenvalue weighted by Crippen LogP contribution is -2.12. The number of nitro groups is 1. The number of hydrogen-bond acceptors (Lipinski definition) is 6.